The highest BCUT2D eigenvalue weighted by Crippen LogP contribution is 2.26. The lowest BCUT2D eigenvalue weighted by Gasteiger charge is -2.09. The zero-order chi connectivity index (χ0) is 13.4. The number of benzene rings is 1. The van der Waals surface area contributed by atoms with Crippen molar-refractivity contribution < 1.29 is 4.74 Å². The Bertz CT molecular complexity index is 385. The molecule has 0 aromatic heterocycles. The van der Waals surface area contributed by atoms with Gasteiger partial charge < -0.3 is 10.1 Å². The van der Waals surface area contributed by atoms with Gasteiger partial charge in [-0.3, -0.25) is 0 Å². The predicted molar refractivity (Wildman–Crippen MR) is 79.5 cm³/mol. The van der Waals surface area contributed by atoms with E-state index in [1.807, 2.05) is 18.2 Å². The molecule has 0 saturated heterocycles. The molecular weight excluding hydrogens is 269 g/mol. The molecule has 4 heteroatoms. The largest absolute Gasteiger partial charge is 0.383 e. The SMILES string of the molecule is CCC(=Cc1c(Cl)cccc1Cl)CNCCOC. The zero-order valence-electron chi connectivity index (χ0n) is 10.8. The maximum Gasteiger partial charge on any atom is 0.0587 e. The molecule has 0 radical (unpaired) electrons. The van der Waals surface area contributed by atoms with E-state index in [-0.39, 0.29) is 0 Å². The fraction of sp³-hybridized carbons (Fsp3) is 0.429. The van der Waals surface area contributed by atoms with Gasteiger partial charge in [0.05, 0.1) is 6.61 Å². The van der Waals surface area contributed by atoms with E-state index in [2.05, 4.69) is 18.3 Å². The predicted octanol–water partition coefficient (Wildman–Crippen LogP) is 4.02. The van der Waals surface area contributed by atoms with Crippen LogP contribution < -0.4 is 5.32 Å². The van der Waals surface area contributed by atoms with Gasteiger partial charge in [0.25, 0.3) is 0 Å². The van der Waals surface area contributed by atoms with Crippen molar-refractivity contribution in [3.8, 4) is 0 Å². The molecule has 0 fully saturated rings. The second-order valence-corrected chi connectivity index (χ2v) is 4.78. The number of ether oxygens (including phenoxy) is 1. The first kappa shape index (κ1) is 15.5. The van der Waals surface area contributed by atoms with Crippen LogP contribution in [0.25, 0.3) is 6.08 Å². The first-order valence-corrected chi connectivity index (χ1v) is 6.77. The zero-order valence-corrected chi connectivity index (χ0v) is 12.3. The third kappa shape index (κ3) is 4.99. The minimum absolute atomic E-state index is 0.686. The van der Waals surface area contributed by atoms with Gasteiger partial charge in [-0.15, -0.1) is 0 Å². The van der Waals surface area contributed by atoms with E-state index >= 15 is 0 Å². The Morgan fingerprint density at radius 1 is 1.33 bits per heavy atom. The minimum Gasteiger partial charge on any atom is -0.383 e. The molecule has 0 bridgehead atoms. The summed E-state index contributed by atoms with van der Waals surface area (Å²) in [7, 11) is 1.70. The molecule has 1 aromatic rings. The molecular formula is C14H19Cl2NO. The van der Waals surface area contributed by atoms with Crippen LogP contribution in [0.15, 0.2) is 23.8 Å². The van der Waals surface area contributed by atoms with E-state index in [9.17, 15) is 0 Å². The molecule has 0 heterocycles. The van der Waals surface area contributed by atoms with Crippen LogP contribution in [0, 0.1) is 0 Å². The van der Waals surface area contributed by atoms with Crippen LogP contribution in [0.4, 0.5) is 0 Å². The quantitative estimate of drug-likeness (QED) is 0.765. The van der Waals surface area contributed by atoms with Gasteiger partial charge in [-0.1, -0.05) is 47.8 Å². The van der Waals surface area contributed by atoms with Crippen LogP contribution in [-0.4, -0.2) is 26.8 Å². The molecule has 1 N–H and O–H groups in total. The minimum atomic E-state index is 0.686. The number of hydrogen-bond donors (Lipinski definition) is 1. The van der Waals surface area contributed by atoms with E-state index in [1.165, 1.54) is 5.57 Å². The lowest BCUT2D eigenvalue weighted by Crippen LogP contribution is -2.21. The Morgan fingerprint density at radius 2 is 2.00 bits per heavy atom. The molecule has 0 aliphatic rings. The summed E-state index contributed by atoms with van der Waals surface area (Å²) in [4.78, 5) is 0. The van der Waals surface area contributed by atoms with Gasteiger partial charge in [0.2, 0.25) is 0 Å². The van der Waals surface area contributed by atoms with E-state index < -0.39 is 0 Å². The van der Waals surface area contributed by atoms with E-state index in [4.69, 9.17) is 27.9 Å². The lowest BCUT2D eigenvalue weighted by molar-refractivity contribution is 0.200. The summed E-state index contributed by atoms with van der Waals surface area (Å²) in [6.45, 7) is 4.49. The van der Waals surface area contributed by atoms with Crippen molar-refractivity contribution in [1.82, 2.24) is 5.32 Å². The number of nitrogens with one attached hydrogen (secondary N) is 1. The van der Waals surface area contributed by atoms with Crippen molar-refractivity contribution in [2.24, 2.45) is 0 Å². The molecule has 0 aliphatic heterocycles. The second-order valence-electron chi connectivity index (χ2n) is 3.96. The van der Waals surface area contributed by atoms with Gasteiger partial charge in [-0.25, -0.2) is 0 Å². The smallest absolute Gasteiger partial charge is 0.0587 e. The van der Waals surface area contributed by atoms with Crippen molar-refractivity contribution in [2.75, 3.05) is 26.8 Å². The number of rotatable bonds is 7. The van der Waals surface area contributed by atoms with Crippen LogP contribution in [0.1, 0.15) is 18.9 Å². The van der Waals surface area contributed by atoms with Gasteiger partial charge in [0.1, 0.15) is 0 Å². The van der Waals surface area contributed by atoms with Crippen LogP contribution in [-0.2, 0) is 4.74 Å². The molecule has 0 atom stereocenters. The van der Waals surface area contributed by atoms with Crippen molar-refractivity contribution in [3.63, 3.8) is 0 Å². The van der Waals surface area contributed by atoms with Gasteiger partial charge >= 0.3 is 0 Å². The van der Waals surface area contributed by atoms with Crippen molar-refractivity contribution in [2.45, 2.75) is 13.3 Å². The molecule has 0 unspecified atom stereocenters. The Balaban J connectivity index is 2.71. The van der Waals surface area contributed by atoms with Crippen molar-refractivity contribution in [3.05, 3.63) is 39.4 Å². The molecule has 0 spiro atoms. The third-order valence-corrected chi connectivity index (χ3v) is 3.30. The number of methoxy groups -OCH3 is 1. The standard InChI is InChI=1S/C14H19Cl2NO/c1-3-11(10-17-7-8-18-2)9-12-13(15)5-4-6-14(12)16/h4-6,9,17H,3,7-8,10H2,1-2H3. The third-order valence-electron chi connectivity index (χ3n) is 2.64. The Hall–Kier alpha value is -0.540. The second kappa shape index (κ2) is 8.54. The average Bonchev–Trinajstić information content (AvgIpc) is 2.36. The average molecular weight is 288 g/mol. The van der Waals surface area contributed by atoms with Crippen molar-refractivity contribution in [1.29, 1.82) is 0 Å². The summed E-state index contributed by atoms with van der Waals surface area (Å²) in [5.41, 5.74) is 2.16. The van der Waals surface area contributed by atoms with Crippen LogP contribution in [0.2, 0.25) is 10.0 Å². The fourth-order valence-electron chi connectivity index (χ4n) is 1.55. The number of halogens is 2. The summed E-state index contributed by atoms with van der Waals surface area (Å²) in [5, 5.41) is 4.69. The highest BCUT2D eigenvalue weighted by molar-refractivity contribution is 6.37. The molecule has 0 aliphatic carbocycles. The highest BCUT2D eigenvalue weighted by atomic mass is 35.5. The summed E-state index contributed by atoms with van der Waals surface area (Å²) in [5.74, 6) is 0. The monoisotopic (exact) mass is 287 g/mol. The first-order chi connectivity index (χ1) is 8.69. The molecule has 0 saturated carbocycles. The molecule has 1 rings (SSSR count). The van der Waals surface area contributed by atoms with Gasteiger partial charge in [-0.2, -0.15) is 0 Å². The summed E-state index contributed by atoms with van der Waals surface area (Å²) < 4.78 is 4.99. The van der Waals surface area contributed by atoms with Crippen LogP contribution in [0.3, 0.4) is 0 Å². The van der Waals surface area contributed by atoms with Crippen LogP contribution in [0.5, 0.6) is 0 Å². The van der Waals surface area contributed by atoms with Gasteiger partial charge in [-0.05, 0) is 18.6 Å². The topological polar surface area (TPSA) is 21.3 Å². The summed E-state index contributed by atoms with van der Waals surface area (Å²) in [6, 6.07) is 5.56. The normalized spacial score (nSPS) is 11.9. The molecule has 1 aromatic carbocycles. The molecule has 100 valence electrons. The molecule has 2 nitrogen and oxygen atoms in total. The fourth-order valence-corrected chi connectivity index (χ4v) is 2.06. The Morgan fingerprint density at radius 3 is 2.56 bits per heavy atom. The first-order valence-electron chi connectivity index (χ1n) is 6.02. The maximum atomic E-state index is 6.14. The maximum absolute atomic E-state index is 6.14. The lowest BCUT2D eigenvalue weighted by atomic mass is 10.1. The summed E-state index contributed by atoms with van der Waals surface area (Å²) in [6.07, 6.45) is 3.02. The van der Waals surface area contributed by atoms with Gasteiger partial charge in [0.15, 0.2) is 0 Å². The summed E-state index contributed by atoms with van der Waals surface area (Å²) >= 11 is 12.3. The van der Waals surface area contributed by atoms with E-state index in [1.54, 1.807) is 7.11 Å². The Kier molecular flexibility index (Phi) is 7.36. The van der Waals surface area contributed by atoms with Crippen molar-refractivity contribution >= 4 is 29.3 Å². The molecule has 0 amide bonds. The Labute approximate surface area is 119 Å². The van der Waals surface area contributed by atoms with Gasteiger partial charge in [0, 0.05) is 35.8 Å². The highest BCUT2D eigenvalue weighted by Gasteiger charge is 2.04. The number of hydrogen-bond acceptors (Lipinski definition) is 2. The van der Waals surface area contributed by atoms with E-state index in [0.717, 1.165) is 25.1 Å². The van der Waals surface area contributed by atoms with E-state index in [0.29, 0.717) is 16.7 Å². The molecule has 18 heavy (non-hydrogen) atoms. The van der Waals surface area contributed by atoms with Crippen LogP contribution >= 0.6 is 23.2 Å².